The number of halogens is 2. The van der Waals surface area contributed by atoms with E-state index in [1.54, 1.807) is 24.4 Å². The van der Waals surface area contributed by atoms with E-state index >= 15 is 0 Å². The van der Waals surface area contributed by atoms with E-state index in [0.717, 1.165) is 5.69 Å². The summed E-state index contributed by atoms with van der Waals surface area (Å²) < 4.78 is 0. The maximum Gasteiger partial charge on any atom is 0.173 e. The SMILES string of the molecule is CC(C(=O)c1cc(Cl)ccc1Cl)c1ccccn1. The van der Waals surface area contributed by atoms with Gasteiger partial charge < -0.3 is 0 Å². The van der Waals surface area contributed by atoms with Crippen LogP contribution in [0.4, 0.5) is 0 Å². The van der Waals surface area contributed by atoms with E-state index in [9.17, 15) is 4.79 Å². The number of carbonyl (C=O) groups excluding carboxylic acids is 1. The van der Waals surface area contributed by atoms with Gasteiger partial charge >= 0.3 is 0 Å². The summed E-state index contributed by atoms with van der Waals surface area (Å²) in [5.74, 6) is -0.427. The predicted octanol–water partition coefficient (Wildman–Crippen LogP) is 4.37. The topological polar surface area (TPSA) is 30.0 Å². The molecule has 2 rings (SSSR count). The lowest BCUT2D eigenvalue weighted by molar-refractivity contribution is 0.0964. The second-order valence-electron chi connectivity index (χ2n) is 3.96. The van der Waals surface area contributed by atoms with Crippen LogP contribution in [0.15, 0.2) is 42.6 Å². The molecule has 1 aromatic heterocycles. The zero-order valence-electron chi connectivity index (χ0n) is 9.73. The molecule has 0 N–H and O–H groups in total. The second kappa shape index (κ2) is 5.51. The van der Waals surface area contributed by atoms with Crippen LogP contribution in [-0.4, -0.2) is 10.8 Å². The molecule has 0 aliphatic heterocycles. The maximum absolute atomic E-state index is 12.3. The van der Waals surface area contributed by atoms with Crippen LogP contribution in [0.3, 0.4) is 0 Å². The van der Waals surface area contributed by atoms with Crippen molar-refractivity contribution in [3.8, 4) is 0 Å². The first kappa shape index (κ1) is 13.1. The van der Waals surface area contributed by atoms with Crippen LogP contribution in [0.2, 0.25) is 10.0 Å². The largest absolute Gasteiger partial charge is 0.293 e. The van der Waals surface area contributed by atoms with E-state index in [1.165, 1.54) is 0 Å². The molecule has 2 aromatic rings. The van der Waals surface area contributed by atoms with Gasteiger partial charge in [-0.2, -0.15) is 0 Å². The minimum absolute atomic E-state index is 0.0822. The lowest BCUT2D eigenvalue weighted by Crippen LogP contribution is -2.11. The lowest BCUT2D eigenvalue weighted by atomic mass is 9.96. The summed E-state index contributed by atoms with van der Waals surface area (Å²) in [6, 6.07) is 10.4. The summed E-state index contributed by atoms with van der Waals surface area (Å²) in [5.41, 5.74) is 1.15. The molecule has 0 aliphatic rings. The Kier molecular flexibility index (Phi) is 4.00. The fourth-order valence-corrected chi connectivity index (χ4v) is 2.07. The van der Waals surface area contributed by atoms with Crippen molar-refractivity contribution in [3.63, 3.8) is 0 Å². The molecule has 0 radical (unpaired) electrons. The smallest absolute Gasteiger partial charge is 0.173 e. The summed E-state index contributed by atoms with van der Waals surface area (Å²) in [6.07, 6.45) is 1.67. The highest BCUT2D eigenvalue weighted by Gasteiger charge is 2.20. The third-order valence-electron chi connectivity index (χ3n) is 2.72. The van der Waals surface area contributed by atoms with E-state index in [4.69, 9.17) is 23.2 Å². The Balaban J connectivity index is 2.34. The Bertz CT molecular complexity index is 569. The molecule has 1 heterocycles. The average Bonchev–Trinajstić information content (AvgIpc) is 2.41. The minimum atomic E-state index is -0.345. The molecule has 0 amide bonds. The van der Waals surface area contributed by atoms with Crippen LogP contribution >= 0.6 is 23.2 Å². The van der Waals surface area contributed by atoms with Crippen molar-refractivity contribution in [1.82, 2.24) is 4.98 Å². The van der Waals surface area contributed by atoms with Crippen LogP contribution in [0.1, 0.15) is 28.9 Å². The zero-order valence-corrected chi connectivity index (χ0v) is 11.2. The van der Waals surface area contributed by atoms with E-state index < -0.39 is 0 Å². The van der Waals surface area contributed by atoms with Crippen molar-refractivity contribution >= 4 is 29.0 Å². The zero-order chi connectivity index (χ0) is 13.1. The molecule has 0 spiro atoms. The van der Waals surface area contributed by atoms with Crippen molar-refractivity contribution in [2.75, 3.05) is 0 Å². The number of rotatable bonds is 3. The standard InChI is InChI=1S/C14H11Cl2NO/c1-9(13-4-2-3-7-17-13)14(18)11-8-10(15)5-6-12(11)16/h2-9H,1H3. The highest BCUT2D eigenvalue weighted by Crippen LogP contribution is 2.26. The number of benzene rings is 1. The van der Waals surface area contributed by atoms with Crippen molar-refractivity contribution in [2.24, 2.45) is 0 Å². The van der Waals surface area contributed by atoms with Gasteiger partial charge in [0.2, 0.25) is 0 Å². The molecule has 18 heavy (non-hydrogen) atoms. The summed E-state index contributed by atoms with van der Waals surface area (Å²) in [4.78, 5) is 16.5. The Morgan fingerprint density at radius 3 is 2.67 bits per heavy atom. The van der Waals surface area contributed by atoms with Gasteiger partial charge in [-0.1, -0.05) is 29.3 Å². The molecule has 1 atom stereocenters. The third-order valence-corrected chi connectivity index (χ3v) is 3.28. The monoisotopic (exact) mass is 279 g/mol. The number of ketones is 1. The van der Waals surface area contributed by atoms with Crippen molar-refractivity contribution in [2.45, 2.75) is 12.8 Å². The summed E-state index contributed by atoms with van der Waals surface area (Å²) in [7, 11) is 0. The number of hydrogen-bond acceptors (Lipinski definition) is 2. The van der Waals surface area contributed by atoms with Crippen molar-refractivity contribution < 1.29 is 4.79 Å². The van der Waals surface area contributed by atoms with Gasteiger partial charge in [0.25, 0.3) is 0 Å². The van der Waals surface area contributed by atoms with Crippen LogP contribution in [0.5, 0.6) is 0 Å². The normalized spacial score (nSPS) is 12.2. The van der Waals surface area contributed by atoms with E-state index in [0.29, 0.717) is 15.6 Å². The Hall–Kier alpha value is -1.38. The number of carbonyl (C=O) groups is 1. The van der Waals surface area contributed by atoms with Gasteiger partial charge in [-0.3, -0.25) is 9.78 Å². The average molecular weight is 280 g/mol. The summed E-state index contributed by atoms with van der Waals surface area (Å²) in [5, 5.41) is 0.906. The molecule has 1 unspecified atom stereocenters. The molecular formula is C14H11Cl2NO. The Morgan fingerprint density at radius 2 is 2.00 bits per heavy atom. The molecule has 0 fully saturated rings. The second-order valence-corrected chi connectivity index (χ2v) is 4.81. The van der Waals surface area contributed by atoms with Crippen LogP contribution in [0, 0.1) is 0 Å². The molecule has 2 nitrogen and oxygen atoms in total. The number of Topliss-reactive ketones (excluding diaryl/α,β-unsaturated/α-hetero) is 1. The molecule has 0 saturated heterocycles. The van der Waals surface area contributed by atoms with E-state index in [-0.39, 0.29) is 11.7 Å². The molecule has 0 aliphatic carbocycles. The van der Waals surface area contributed by atoms with Gasteiger partial charge in [-0.05, 0) is 37.3 Å². The fraction of sp³-hybridized carbons (Fsp3) is 0.143. The molecule has 92 valence electrons. The van der Waals surface area contributed by atoms with Gasteiger partial charge in [0.1, 0.15) is 0 Å². The minimum Gasteiger partial charge on any atom is -0.293 e. The lowest BCUT2D eigenvalue weighted by Gasteiger charge is -2.11. The third kappa shape index (κ3) is 2.71. The number of pyridine rings is 1. The molecule has 4 heteroatoms. The van der Waals surface area contributed by atoms with Crippen LogP contribution in [0.25, 0.3) is 0 Å². The maximum atomic E-state index is 12.3. The first-order chi connectivity index (χ1) is 8.59. The molecule has 0 saturated carbocycles. The van der Waals surface area contributed by atoms with E-state index in [2.05, 4.69) is 4.98 Å². The van der Waals surface area contributed by atoms with Crippen LogP contribution < -0.4 is 0 Å². The van der Waals surface area contributed by atoms with Gasteiger partial charge in [-0.15, -0.1) is 0 Å². The highest BCUT2D eigenvalue weighted by atomic mass is 35.5. The fourth-order valence-electron chi connectivity index (χ4n) is 1.69. The number of nitrogens with zero attached hydrogens (tertiary/aromatic N) is 1. The van der Waals surface area contributed by atoms with Gasteiger partial charge in [0.15, 0.2) is 5.78 Å². The Labute approximate surface area is 116 Å². The number of hydrogen-bond donors (Lipinski definition) is 0. The summed E-state index contributed by atoms with van der Waals surface area (Å²) in [6.45, 7) is 1.81. The van der Waals surface area contributed by atoms with Crippen molar-refractivity contribution in [3.05, 3.63) is 63.9 Å². The number of aromatic nitrogens is 1. The van der Waals surface area contributed by atoms with Gasteiger partial charge in [-0.25, -0.2) is 0 Å². The molecular weight excluding hydrogens is 269 g/mol. The predicted molar refractivity (Wildman–Crippen MR) is 73.4 cm³/mol. The first-order valence-corrected chi connectivity index (χ1v) is 6.25. The quantitative estimate of drug-likeness (QED) is 0.781. The first-order valence-electron chi connectivity index (χ1n) is 5.50. The van der Waals surface area contributed by atoms with Crippen LogP contribution in [-0.2, 0) is 0 Å². The molecule has 0 bridgehead atoms. The highest BCUT2D eigenvalue weighted by molar-refractivity contribution is 6.36. The van der Waals surface area contributed by atoms with Gasteiger partial charge in [0.05, 0.1) is 16.6 Å². The summed E-state index contributed by atoms with van der Waals surface area (Å²) >= 11 is 11.9. The van der Waals surface area contributed by atoms with E-state index in [1.807, 2.05) is 25.1 Å². The van der Waals surface area contributed by atoms with Crippen molar-refractivity contribution in [1.29, 1.82) is 0 Å². The molecule has 1 aromatic carbocycles. The van der Waals surface area contributed by atoms with Gasteiger partial charge in [0, 0.05) is 16.8 Å². The Morgan fingerprint density at radius 1 is 1.22 bits per heavy atom.